The highest BCUT2D eigenvalue weighted by atomic mass is 79.9. The summed E-state index contributed by atoms with van der Waals surface area (Å²) in [6.07, 6.45) is 0.744. The van der Waals surface area contributed by atoms with E-state index in [0.717, 1.165) is 38.1 Å². The van der Waals surface area contributed by atoms with E-state index in [1.54, 1.807) is 11.8 Å². The molecule has 0 bridgehead atoms. The highest BCUT2D eigenvalue weighted by Crippen LogP contribution is 2.30. The molecule has 126 valence electrons. The number of nitrogens with one attached hydrogen (secondary N) is 1. The summed E-state index contributed by atoms with van der Waals surface area (Å²) in [4.78, 5) is 16.9. The van der Waals surface area contributed by atoms with Gasteiger partial charge in [-0.05, 0) is 18.6 Å². The number of aromatic nitrogens is 2. The normalized spacial score (nSPS) is 15.2. The molecule has 1 aromatic heterocycles. The van der Waals surface area contributed by atoms with Crippen LogP contribution in [0, 0.1) is 0 Å². The summed E-state index contributed by atoms with van der Waals surface area (Å²) in [5.41, 5.74) is 0.981. The fourth-order valence-electron chi connectivity index (χ4n) is 2.00. The number of rotatable bonds is 5. The van der Waals surface area contributed by atoms with Crippen LogP contribution in [-0.4, -0.2) is 38.0 Å². The molecule has 0 radical (unpaired) electrons. The number of halogens is 1. The van der Waals surface area contributed by atoms with Crippen molar-refractivity contribution < 1.29 is 4.79 Å². The molecule has 1 atom stereocenters. The topological polar surface area (TPSA) is 67.2 Å². The van der Waals surface area contributed by atoms with Crippen LogP contribution in [0.15, 0.2) is 33.7 Å². The van der Waals surface area contributed by atoms with Crippen LogP contribution in [0.5, 0.6) is 0 Å². The summed E-state index contributed by atoms with van der Waals surface area (Å²) in [6.45, 7) is 2.85. The Bertz CT molecular complexity index is 747. The standard InChI is InChI=1S/C15H15BrN4OS3/c1-2-11(23-15-17-7-8-22-15)12(21)18-14-20-19-13(24-14)9-3-5-10(16)6-4-9/h3-6,11H,2,7-8H2,1H3,(H,18,20,21). The van der Waals surface area contributed by atoms with Crippen molar-refractivity contribution in [3.63, 3.8) is 0 Å². The van der Waals surface area contributed by atoms with Gasteiger partial charge in [0.2, 0.25) is 11.0 Å². The molecule has 0 saturated carbocycles. The minimum atomic E-state index is -0.158. The van der Waals surface area contributed by atoms with E-state index in [9.17, 15) is 4.79 Å². The van der Waals surface area contributed by atoms with Crippen molar-refractivity contribution in [2.24, 2.45) is 4.99 Å². The minimum Gasteiger partial charge on any atom is -0.300 e. The maximum atomic E-state index is 12.5. The van der Waals surface area contributed by atoms with Gasteiger partial charge in [0, 0.05) is 15.8 Å². The smallest absolute Gasteiger partial charge is 0.239 e. The SMILES string of the molecule is CCC(SC1=NCCS1)C(=O)Nc1nnc(-c2ccc(Br)cc2)s1. The largest absolute Gasteiger partial charge is 0.300 e. The highest BCUT2D eigenvalue weighted by molar-refractivity contribution is 9.10. The Morgan fingerprint density at radius 1 is 1.38 bits per heavy atom. The summed E-state index contributed by atoms with van der Waals surface area (Å²) >= 11 is 8.04. The monoisotopic (exact) mass is 442 g/mol. The first kappa shape index (κ1) is 17.9. The first-order chi connectivity index (χ1) is 11.7. The fraction of sp³-hybridized carbons (Fsp3) is 0.333. The van der Waals surface area contributed by atoms with Crippen molar-refractivity contribution in [2.45, 2.75) is 18.6 Å². The van der Waals surface area contributed by atoms with Crippen molar-refractivity contribution >= 4 is 66.2 Å². The summed E-state index contributed by atoms with van der Waals surface area (Å²) in [5.74, 6) is 0.962. The number of hydrogen-bond acceptors (Lipinski definition) is 7. The maximum absolute atomic E-state index is 12.5. The van der Waals surface area contributed by atoms with E-state index in [1.165, 1.54) is 23.1 Å². The third-order valence-corrected chi connectivity index (χ3v) is 7.19. The van der Waals surface area contributed by atoms with Crippen LogP contribution in [0.2, 0.25) is 0 Å². The van der Waals surface area contributed by atoms with Crippen molar-refractivity contribution in [3.8, 4) is 10.6 Å². The average Bonchev–Trinajstić information content (AvgIpc) is 3.25. The lowest BCUT2D eigenvalue weighted by atomic mass is 10.2. The van der Waals surface area contributed by atoms with Crippen LogP contribution in [0.25, 0.3) is 10.6 Å². The Balaban J connectivity index is 1.64. The molecular formula is C15H15BrN4OS3. The number of amides is 1. The third kappa shape index (κ3) is 4.59. The molecule has 1 N–H and O–H groups in total. The Morgan fingerprint density at radius 2 is 2.17 bits per heavy atom. The maximum Gasteiger partial charge on any atom is 0.239 e. The summed E-state index contributed by atoms with van der Waals surface area (Å²) in [6, 6.07) is 7.85. The third-order valence-electron chi connectivity index (χ3n) is 3.21. The van der Waals surface area contributed by atoms with Crippen LogP contribution >= 0.6 is 50.8 Å². The number of hydrogen-bond donors (Lipinski definition) is 1. The molecule has 2 aromatic rings. The molecular weight excluding hydrogens is 428 g/mol. The number of anilines is 1. The van der Waals surface area contributed by atoms with Gasteiger partial charge in [-0.3, -0.25) is 15.1 Å². The Kier molecular flexibility index (Phi) is 6.31. The van der Waals surface area contributed by atoms with Crippen molar-refractivity contribution in [2.75, 3.05) is 17.6 Å². The van der Waals surface area contributed by atoms with E-state index < -0.39 is 0 Å². The van der Waals surface area contributed by atoms with Gasteiger partial charge in [-0.1, -0.05) is 69.8 Å². The predicted molar refractivity (Wildman–Crippen MR) is 108 cm³/mol. The molecule has 24 heavy (non-hydrogen) atoms. The van der Waals surface area contributed by atoms with Gasteiger partial charge < -0.3 is 0 Å². The van der Waals surface area contributed by atoms with Gasteiger partial charge in [0.25, 0.3) is 0 Å². The number of aliphatic imine (C=N–C) groups is 1. The van der Waals surface area contributed by atoms with Crippen LogP contribution in [0.3, 0.4) is 0 Å². The molecule has 1 aromatic carbocycles. The molecule has 0 spiro atoms. The lowest BCUT2D eigenvalue weighted by Gasteiger charge is -2.12. The van der Waals surface area contributed by atoms with Crippen molar-refractivity contribution in [3.05, 3.63) is 28.7 Å². The zero-order chi connectivity index (χ0) is 16.9. The van der Waals surface area contributed by atoms with Crippen LogP contribution < -0.4 is 5.32 Å². The fourth-order valence-corrected chi connectivity index (χ4v) is 5.17. The number of benzene rings is 1. The van der Waals surface area contributed by atoms with E-state index in [2.05, 4.69) is 36.4 Å². The van der Waals surface area contributed by atoms with E-state index in [0.29, 0.717) is 5.13 Å². The second kappa shape index (κ2) is 8.46. The summed E-state index contributed by atoms with van der Waals surface area (Å²) in [5, 5.41) is 12.3. The molecule has 0 aliphatic carbocycles. The second-order valence-electron chi connectivity index (χ2n) is 4.92. The van der Waals surface area contributed by atoms with Crippen LogP contribution in [0.1, 0.15) is 13.3 Å². The zero-order valence-electron chi connectivity index (χ0n) is 12.9. The first-order valence-corrected chi connectivity index (χ1v) is 10.9. The molecule has 1 aliphatic heterocycles. The number of carbonyl (C=O) groups is 1. The average molecular weight is 443 g/mol. The Morgan fingerprint density at radius 3 is 2.83 bits per heavy atom. The van der Waals surface area contributed by atoms with Gasteiger partial charge in [0.15, 0.2) is 0 Å². The van der Waals surface area contributed by atoms with Crippen LogP contribution in [-0.2, 0) is 4.79 Å². The molecule has 9 heteroatoms. The predicted octanol–water partition coefficient (Wildman–Crippen LogP) is 4.52. The lowest BCUT2D eigenvalue weighted by molar-refractivity contribution is -0.115. The summed E-state index contributed by atoms with van der Waals surface area (Å²) < 4.78 is 2.02. The van der Waals surface area contributed by atoms with Gasteiger partial charge in [0.1, 0.15) is 9.38 Å². The quantitative estimate of drug-likeness (QED) is 0.736. The first-order valence-electron chi connectivity index (χ1n) is 7.40. The van der Waals surface area contributed by atoms with E-state index in [-0.39, 0.29) is 11.2 Å². The Labute approximate surface area is 161 Å². The number of nitrogens with zero attached hydrogens (tertiary/aromatic N) is 3. The zero-order valence-corrected chi connectivity index (χ0v) is 16.9. The summed E-state index contributed by atoms with van der Waals surface area (Å²) in [7, 11) is 0. The highest BCUT2D eigenvalue weighted by Gasteiger charge is 2.22. The van der Waals surface area contributed by atoms with Gasteiger partial charge in [-0.15, -0.1) is 10.2 Å². The molecule has 1 aliphatic rings. The van der Waals surface area contributed by atoms with Gasteiger partial charge in [-0.25, -0.2) is 0 Å². The second-order valence-corrected chi connectivity index (χ2v) is 9.35. The molecule has 0 fully saturated rings. The van der Waals surface area contributed by atoms with Gasteiger partial charge in [0.05, 0.1) is 11.8 Å². The van der Waals surface area contributed by atoms with Crippen molar-refractivity contribution in [1.29, 1.82) is 0 Å². The number of carbonyl (C=O) groups excluding carboxylic acids is 1. The molecule has 1 unspecified atom stereocenters. The number of thioether (sulfide) groups is 2. The molecule has 5 nitrogen and oxygen atoms in total. The molecule has 0 saturated heterocycles. The molecule has 1 amide bonds. The lowest BCUT2D eigenvalue weighted by Crippen LogP contribution is -2.25. The van der Waals surface area contributed by atoms with E-state index in [4.69, 9.17) is 0 Å². The van der Waals surface area contributed by atoms with Crippen LogP contribution in [0.4, 0.5) is 5.13 Å². The van der Waals surface area contributed by atoms with E-state index in [1.807, 2.05) is 31.2 Å². The van der Waals surface area contributed by atoms with Crippen molar-refractivity contribution in [1.82, 2.24) is 10.2 Å². The minimum absolute atomic E-state index is 0.0452. The Hall–Kier alpha value is -0.900. The van der Waals surface area contributed by atoms with Gasteiger partial charge >= 0.3 is 0 Å². The molecule has 3 rings (SSSR count). The van der Waals surface area contributed by atoms with Gasteiger partial charge in [-0.2, -0.15) is 0 Å². The molecule has 2 heterocycles. The van der Waals surface area contributed by atoms with E-state index >= 15 is 0 Å².